The van der Waals surface area contributed by atoms with Crippen LogP contribution in [0.2, 0.25) is 0 Å². The molecule has 2 aromatic heterocycles. The highest BCUT2D eigenvalue weighted by Gasteiger charge is 2.19. The van der Waals surface area contributed by atoms with Crippen LogP contribution in [0.25, 0.3) is 5.65 Å². The molecule has 0 spiro atoms. The maximum absolute atomic E-state index is 12.7. The number of carbonyl (C=O) groups is 1. The van der Waals surface area contributed by atoms with Crippen LogP contribution >= 0.6 is 0 Å². The van der Waals surface area contributed by atoms with Gasteiger partial charge in [0, 0.05) is 37.4 Å². The summed E-state index contributed by atoms with van der Waals surface area (Å²) < 4.78 is 1.76. The predicted octanol–water partition coefficient (Wildman–Crippen LogP) is 2.52. The number of carbonyl (C=O) groups excluding carboxylic acids is 1. The molecule has 3 heterocycles. The molecule has 0 aliphatic carbocycles. The van der Waals surface area contributed by atoms with Crippen molar-refractivity contribution < 1.29 is 4.79 Å². The van der Waals surface area contributed by atoms with E-state index in [9.17, 15) is 4.79 Å². The molecule has 0 saturated heterocycles. The van der Waals surface area contributed by atoms with E-state index in [0.717, 1.165) is 37.4 Å². The zero-order valence-corrected chi connectivity index (χ0v) is 16.1. The molecule has 1 atom stereocenters. The van der Waals surface area contributed by atoms with Gasteiger partial charge in [0.1, 0.15) is 5.69 Å². The van der Waals surface area contributed by atoms with Gasteiger partial charge < -0.3 is 5.32 Å². The maximum Gasteiger partial charge on any atom is 0.270 e. The van der Waals surface area contributed by atoms with Gasteiger partial charge in [-0.05, 0) is 44.4 Å². The summed E-state index contributed by atoms with van der Waals surface area (Å²) >= 11 is 0. The van der Waals surface area contributed by atoms with E-state index < -0.39 is 0 Å². The van der Waals surface area contributed by atoms with Gasteiger partial charge >= 0.3 is 0 Å². The van der Waals surface area contributed by atoms with Crippen molar-refractivity contribution in [3.05, 3.63) is 64.6 Å². The van der Waals surface area contributed by atoms with Gasteiger partial charge in [-0.1, -0.05) is 24.3 Å². The van der Waals surface area contributed by atoms with Crippen molar-refractivity contribution in [2.75, 3.05) is 13.1 Å². The highest BCUT2D eigenvalue weighted by Crippen LogP contribution is 2.18. The Morgan fingerprint density at radius 3 is 2.81 bits per heavy atom. The molecule has 1 N–H and O–H groups in total. The van der Waals surface area contributed by atoms with E-state index in [0.29, 0.717) is 11.3 Å². The molecule has 3 aromatic rings. The van der Waals surface area contributed by atoms with Gasteiger partial charge in [-0.3, -0.25) is 9.69 Å². The average Bonchev–Trinajstić information content (AvgIpc) is 3.02. The maximum atomic E-state index is 12.7. The van der Waals surface area contributed by atoms with Crippen LogP contribution in [0.15, 0.2) is 36.4 Å². The van der Waals surface area contributed by atoms with Gasteiger partial charge in [-0.15, -0.1) is 0 Å². The summed E-state index contributed by atoms with van der Waals surface area (Å²) in [5.74, 6) is -0.135. The Hall–Kier alpha value is -2.73. The Bertz CT molecular complexity index is 993. The lowest BCUT2D eigenvalue weighted by atomic mass is 10.00. The third-order valence-corrected chi connectivity index (χ3v) is 5.08. The van der Waals surface area contributed by atoms with E-state index in [1.54, 1.807) is 10.6 Å². The fourth-order valence-electron chi connectivity index (χ4n) is 3.80. The SMILES string of the molecule is Cc1cc2nc(C(=O)N[C@@H](C)CN3CCc4ccccc4C3)cc(C)n2n1. The van der Waals surface area contributed by atoms with Crippen LogP contribution in [-0.2, 0) is 13.0 Å². The Morgan fingerprint density at radius 1 is 1.22 bits per heavy atom. The van der Waals surface area contributed by atoms with Gasteiger partial charge in [0.15, 0.2) is 5.65 Å². The number of aromatic nitrogens is 3. The van der Waals surface area contributed by atoms with E-state index in [-0.39, 0.29) is 11.9 Å². The average molecular weight is 363 g/mol. The van der Waals surface area contributed by atoms with Crippen LogP contribution < -0.4 is 5.32 Å². The molecule has 4 rings (SSSR count). The van der Waals surface area contributed by atoms with Gasteiger partial charge in [0.05, 0.1) is 5.69 Å². The number of rotatable bonds is 4. The van der Waals surface area contributed by atoms with Gasteiger partial charge in [0.2, 0.25) is 0 Å². The van der Waals surface area contributed by atoms with Crippen LogP contribution in [0.5, 0.6) is 0 Å². The minimum Gasteiger partial charge on any atom is -0.347 e. The number of hydrogen-bond acceptors (Lipinski definition) is 4. The number of nitrogens with one attached hydrogen (secondary N) is 1. The van der Waals surface area contributed by atoms with E-state index >= 15 is 0 Å². The first-order chi connectivity index (χ1) is 13.0. The first-order valence-electron chi connectivity index (χ1n) is 9.43. The minimum atomic E-state index is -0.135. The van der Waals surface area contributed by atoms with Crippen molar-refractivity contribution in [2.45, 2.75) is 39.8 Å². The van der Waals surface area contributed by atoms with Crippen molar-refractivity contribution in [1.29, 1.82) is 0 Å². The first kappa shape index (κ1) is 17.7. The van der Waals surface area contributed by atoms with E-state index in [2.05, 4.69) is 44.6 Å². The summed E-state index contributed by atoms with van der Waals surface area (Å²) in [6, 6.07) is 12.3. The van der Waals surface area contributed by atoms with Crippen molar-refractivity contribution in [1.82, 2.24) is 24.8 Å². The summed E-state index contributed by atoms with van der Waals surface area (Å²) in [5.41, 5.74) is 5.77. The molecule has 1 aliphatic rings. The standard InChI is InChI=1S/C21H25N5O/c1-14-10-20-23-19(11-16(3)26(20)24-14)21(27)22-15(2)12-25-9-8-17-6-4-5-7-18(17)13-25/h4-7,10-11,15H,8-9,12-13H2,1-3H3,(H,22,27)/t15-/m0/s1. The second kappa shape index (κ2) is 7.12. The highest BCUT2D eigenvalue weighted by atomic mass is 16.1. The summed E-state index contributed by atoms with van der Waals surface area (Å²) in [4.78, 5) is 19.5. The lowest BCUT2D eigenvalue weighted by molar-refractivity contribution is 0.0922. The number of benzene rings is 1. The van der Waals surface area contributed by atoms with Crippen molar-refractivity contribution in [3.63, 3.8) is 0 Å². The topological polar surface area (TPSA) is 62.5 Å². The fourth-order valence-corrected chi connectivity index (χ4v) is 3.80. The molecule has 1 amide bonds. The molecule has 0 fully saturated rings. The van der Waals surface area contributed by atoms with Crippen LogP contribution in [-0.4, -0.2) is 44.5 Å². The molecule has 0 bridgehead atoms. The molecular formula is C21H25N5O. The third-order valence-electron chi connectivity index (χ3n) is 5.08. The van der Waals surface area contributed by atoms with E-state index in [1.807, 2.05) is 26.8 Å². The summed E-state index contributed by atoms with van der Waals surface area (Å²) in [5, 5.41) is 7.48. The number of hydrogen-bond donors (Lipinski definition) is 1. The zero-order chi connectivity index (χ0) is 19.0. The minimum absolute atomic E-state index is 0.0488. The quantitative estimate of drug-likeness (QED) is 0.774. The lowest BCUT2D eigenvalue weighted by Crippen LogP contribution is -2.43. The Morgan fingerprint density at radius 2 is 2.00 bits per heavy atom. The number of aryl methyl sites for hydroxylation is 2. The molecule has 0 saturated carbocycles. The molecule has 1 aliphatic heterocycles. The van der Waals surface area contributed by atoms with Crippen LogP contribution in [0.3, 0.4) is 0 Å². The zero-order valence-electron chi connectivity index (χ0n) is 16.1. The summed E-state index contributed by atoms with van der Waals surface area (Å²) in [6.07, 6.45) is 1.06. The van der Waals surface area contributed by atoms with Crippen LogP contribution in [0.1, 0.15) is 39.9 Å². The normalized spacial score (nSPS) is 15.5. The molecule has 6 nitrogen and oxygen atoms in total. The highest BCUT2D eigenvalue weighted by molar-refractivity contribution is 5.93. The largest absolute Gasteiger partial charge is 0.347 e. The molecule has 27 heavy (non-hydrogen) atoms. The summed E-state index contributed by atoms with van der Waals surface area (Å²) in [7, 11) is 0. The molecule has 1 aromatic carbocycles. The van der Waals surface area contributed by atoms with Crippen molar-refractivity contribution in [3.8, 4) is 0 Å². The lowest BCUT2D eigenvalue weighted by Gasteiger charge is -2.31. The van der Waals surface area contributed by atoms with Crippen LogP contribution in [0, 0.1) is 13.8 Å². The second-order valence-electron chi connectivity index (χ2n) is 7.47. The van der Waals surface area contributed by atoms with E-state index in [4.69, 9.17) is 0 Å². The first-order valence-corrected chi connectivity index (χ1v) is 9.43. The smallest absolute Gasteiger partial charge is 0.270 e. The second-order valence-corrected chi connectivity index (χ2v) is 7.47. The van der Waals surface area contributed by atoms with Gasteiger partial charge in [-0.25, -0.2) is 9.50 Å². The van der Waals surface area contributed by atoms with Crippen molar-refractivity contribution in [2.24, 2.45) is 0 Å². The number of amides is 1. The van der Waals surface area contributed by atoms with Gasteiger partial charge in [0.25, 0.3) is 5.91 Å². The van der Waals surface area contributed by atoms with Gasteiger partial charge in [-0.2, -0.15) is 5.10 Å². The van der Waals surface area contributed by atoms with E-state index in [1.165, 1.54) is 11.1 Å². The molecule has 6 heteroatoms. The molecule has 0 unspecified atom stereocenters. The third kappa shape index (κ3) is 3.71. The molecule has 140 valence electrons. The fraction of sp³-hybridized carbons (Fsp3) is 0.381. The Balaban J connectivity index is 1.41. The Labute approximate surface area is 159 Å². The Kier molecular flexibility index (Phi) is 4.66. The molecule has 0 radical (unpaired) electrons. The summed E-state index contributed by atoms with van der Waals surface area (Å²) in [6.45, 7) is 8.70. The van der Waals surface area contributed by atoms with Crippen molar-refractivity contribution >= 4 is 11.6 Å². The predicted molar refractivity (Wildman–Crippen MR) is 105 cm³/mol. The monoisotopic (exact) mass is 363 g/mol. The molecular weight excluding hydrogens is 338 g/mol. The number of fused-ring (bicyclic) bond motifs is 2. The number of nitrogens with zero attached hydrogens (tertiary/aromatic N) is 4. The van der Waals surface area contributed by atoms with Crippen LogP contribution in [0.4, 0.5) is 0 Å².